The summed E-state index contributed by atoms with van der Waals surface area (Å²) in [4.78, 5) is 19.6. The van der Waals surface area contributed by atoms with Crippen LogP contribution in [0.15, 0.2) is 54.9 Å². The summed E-state index contributed by atoms with van der Waals surface area (Å²) >= 11 is 0. The van der Waals surface area contributed by atoms with Crippen LogP contribution < -0.4 is 10.1 Å². The molecule has 2 aromatic carbocycles. The number of fused-ring (bicyclic) bond motifs is 2. The average molecular weight is 373 g/mol. The SMILES string of the molecule is COc1ccc2[nH]cc(C3(C(=O)NCCc4c[nH]c5ccccc45)CC3)c2c1. The Bertz CT molecular complexity index is 1170. The van der Waals surface area contributed by atoms with E-state index in [0.717, 1.165) is 47.0 Å². The predicted octanol–water partition coefficient (Wildman–Crippen LogP) is 4.05. The first-order chi connectivity index (χ1) is 13.7. The molecule has 2 heterocycles. The second-order valence-electron chi connectivity index (χ2n) is 7.56. The van der Waals surface area contributed by atoms with E-state index in [1.54, 1.807) is 7.11 Å². The molecule has 28 heavy (non-hydrogen) atoms. The van der Waals surface area contributed by atoms with Gasteiger partial charge in [-0.05, 0) is 54.7 Å². The number of rotatable bonds is 6. The number of para-hydroxylation sites is 1. The van der Waals surface area contributed by atoms with Gasteiger partial charge in [-0.15, -0.1) is 0 Å². The van der Waals surface area contributed by atoms with Gasteiger partial charge in [0.25, 0.3) is 0 Å². The number of carbonyl (C=O) groups excluding carboxylic acids is 1. The molecule has 5 heteroatoms. The Labute approximate surface area is 163 Å². The Morgan fingerprint density at radius 3 is 2.68 bits per heavy atom. The molecule has 1 aliphatic carbocycles. The molecule has 1 saturated carbocycles. The fourth-order valence-corrected chi connectivity index (χ4v) is 4.18. The van der Waals surface area contributed by atoms with Gasteiger partial charge in [0.15, 0.2) is 0 Å². The summed E-state index contributed by atoms with van der Waals surface area (Å²) in [5.74, 6) is 0.931. The molecule has 0 saturated heterocycles. The maximum atomic E-state index is 13.1. The fraction of sp³-hybridized carbons (Fsp3) is 0.261. The lowest BCUT2D eigenvalue weighted by Crippen LogP contribution is -2.35. The molecule has 0 spiro atoms. The zero-order valence-electron chi connectivity index (χ0n) is 15.8. The number of nitrogens with one attached hydrogen (secondary N) is 3. The number of methoxy groups -OCH3 is 1. The molecule has 0 bridgehead atoms. The maximum Gasteiger partial charge on any atom is 0.230 e. The summed E-state index contributed by atoms with van der Waals surface area (Å²) in [6.45, 7) is 0.633. The third kappa shape index (κ3) is 2.66. The molecule has 1 aliphatic rings. The van der Waals surface area contributed by atoms with Crippen LogP contribution in [0.2, 0.25) is 0 Å². The van der Waals surface area contributed by atoms with Crippen molar-refractivity contribution in [1.82, 2.24) is 15.3 Å². The molecular weight excluding hydrogens is 350 g/mol. The van der Waals surface area contributed by atoms with Crippen LogP contribution in [-0.2, 0) is 16.6 Å². The fourth-order valence-electron chi connectivity index (χ4n) is 4.18. The molecule has 142 valence electrons. The number of amides is 1. The second kappa shape index (κ2) is 6.44. The number of aromatic nitrogens is 2. The zero-order valence-corrected chi connectivity index (χ0v) is 15.8. The first-order valence-corrected chi connectivity index (χ1v) is 9.70. The van der Waals surface area contributed by atoms with E-state index < -0.39 is 5.41 Å². The third-order valence-electron chi connectivity index (χ3n) is 5.94. The molecule has 0 atom stereocenters. The molecule has 1 amide bonds. The van der Waals surface area contributed by atoms with Crippen molar-refractivity contribution in [3.8, 4) is 5.75 Å². The van der Waals surface area contributed by atoms with Gasteiger partial charge in [0.2, 0.25) is 5.91 Å². The van der Waals surface area contributed by atoms with Crippen LogP contribution in [0, 0.1) is 0 Å². The van der Waals surface area contributed by atoms with Gasteiger partial charge in [0.1, 0.15) is 5.75 Å². The molecule has 4 aromatic rings. The smallest absolute Gasteiger partial charge is 0.230 e. The van der Waals surface area contributed by atoms with E-state index >= 15 is 0 Å². The Morgan fingerprint density at radius 1 is 1.07 bits per heavy atom. The van der Waals surface area contributed by atoms with Crippen molar-refractivity contribution in [1.29, 1.82) is 0 Å². The van der Waals surface area contributed by atoms with Crippen LogP contribution >= 0.6 is 0 Å². The first kappa shape index (κ1) is 16.9. The number of hydrogen-bond acceptors (Lipinski definition) is 2. The van der Waals surface area contributed by atoms with Crippen molar-refractivity contribution in [3.63, 3.8) is 0 Å². The van der Waals surface area contributed by atoms with Crippen molar-refractivity contribution < 1.29 is 9.53 Å². The van der Waals surface area contributed by atoms with Crippen LogP contribution in [0.5, 0.6) is 5.75 Å². The summed E-state index contributed by atoms with van der Waals surface area (Å²) in [7, 11) is 1.66. The summed E-state index contributed by atoms with van der Waals surface area (Å²) in [5, 5.41) is 5.47. The molecule has 5 rings (SSSR count). The van der Waals surface area contributed by atoms with Gasteiger partial charge in [-0.3, -0.25) is 4.79 Å². The topological polar surface area (TPSA) is 69.9 Å². The van der Waals surface area contributed by atoms with E-state index in [2.05, 4.69) is 27.4 Å². The average Bonchev–Trinajstić information content (AvgIpc) is 3.26. The van der Waals surface area contributed by atoms with Gasteiger partial charge in [-0.2, -0.15) is 0 Å². The first-order valence-electron chi connectivity index (χ1n) is 9.70. The van der Waals surface area contributed by atoms with E-state index in [9.17, 15) is 4.79 Å². The molecule has 5 nitrogen and oxygen atoms in total. The highest BCUT2D eigenvalue weighted by molar-refractivity contribution is 5.98. The van der Waals surface area contributed by atoms with E-state index in [1.807, 2.05) is 42.7 Å². The highest BCUT2D eigenvalue weighted by atomic mass is 16.5. The van der Waals surface area contributed by atoms with E-state index in [0.29, 0.717) is 6.54 Å². The molecule has 0 aliphatic heterocycles. The number of ether oxygens (including phenoxy) is 1. The van der Waals surface area contributed by atoms with Crippen molar-refractivity contribution in [2.24, 2.45) is 0 Å². The second-order valence-corrected chi connectivity index (χ2v) is 7.56. The van der Waals surface area contributed by atoms with Crippen LogP contribution in [-0.4, -0.2) is 29.5 Å². The van der Waals surface area contributed by atoms with Gasteiger partial charge in [-0.1, -0.05) is 18.2 Å². The quantitative estimate of drug-likeness (QED) is 0.477. The maximum absolute atomic E-state index is 13.1. The molecular formula is C23H23N3O2. The minimum absolute atomic E-state index is 0.121. The zero-order chi connectivity index (χ0) is 19.1. The minimum Gasteiger partial charge on any atom is -0.497 e. The normalized spacial score (nSPS) is 15.0. The van der Waals surface area contributed by atoms with Crippen LogP contribution in [0.4, 0.5) is 0 Å². The lowest BCUT2D eigenvalue weighted by atomic mass is 9.94. The van der Waals surface area contributed by atoms with Gasteiger partial charge in [0.05, 0.1) is 12.5 Å². The van der Waals surface area contributed by atoms with E-state index in [-0.39, 0.29) is 5.91 Å². The minimum atomic E-state index is -0.412. The highest BCUT2D eigenvalue weighted by Crippen LogP contribution is 2.51. The van der Waals surface area contributed by atoms with Gasteiger partial charge in [0, 0.05) is 40.7 Å². The standard InChI is InChI=1S/C23H23N3O2/c1-28-16-6-7-21-18(12-16)19(14-26-21)23(9-10-23)22(27)24-11-8-15-13-25-20-5-3-2-4-17(15)20/h2-7,12-14,25-26H,8-11H2,1H3,(H,24,27). The highest BCUT2D eigenvalue weighted by Gasteiger charge is 2.52. The Kier molecular flexibility index (Phi) is 3.90. The van der Waals surface area contributed by atoms with Gasteiger partial charge in [-0.25, -0.2) is 0 Å². The van der Waals surface area contributed by atoms with Crippen molar-refractivity contribution in [2.75, 3.05) is 13.7 Å². The third-order valence-corrected chi connectivity index (χ3v) is 5.94. The van der Waals surface area contributed by atoms with Crippen LogP contribution in [0.25, 0.3) is 21.8 Å². The van der Waals surface area contributed by atoms with E-state index in [1.165, 1.54) is 10.9 Å². The Hall–Kier alpha value is -3.21. The lowest BCUT2D eigenvalue weighted by Gasteiger charge is -2.15. The lowest BCUT2D eigenvalue weighted by molar-refractivity contribution is -0.123. The summed E-state index contributed by atoms with van der Waals surface area (Å²) < 4.78 is 5.36. The van der Waals surface area contributed by atoms with Crippen LogP contribution in [0.1, 0.15) is 24.0 Å². The number of benzene rings is 2. The number of carbonyl (C=O) groups is 1. The number of aromatic amines is 2. The Balaban J connectivity index is 1.33. The van der Waals surface area contributed by atoms with Gasteiger partial charge < -0.3 is 20.0 Å². The molecule has 1 fully saturated rings. The van der Waals surface area contributed by atoms with Crippen molar-refractivity contribution >= 4 is 27.7 Å². The molecule has 0 radical (unpaired) electrons. The molecule has 0 unspecified atom stereocenters. The van der Waals surface area contributed by atoms with E-state index in [4.69, 9.17) is 4.74 Å². The van der Waals surface area contributed by atoms with Crippen molar-refractivity contribution in [3.05, 3.63) is 66.0 Å². The Morgan fingerprint density at radius 2 is 1.86 bits per heavy atom. The number of hydrogen-bond donors (Lipinski definition) is 3. The summed E-state index contributed by atoms with van der Waals surface area (Å²) in [6.07, 6.45) is 6.60. The van der Waals surface area contributed by atoms with Crippen molar-refractivity contribution in [2.45, 2.75) is 24.7 Å². The largest absolute Gasteiger partial charge is 0.497 e. The molecule has 2 aromatic heterocycles. The molecule has 3 N–H and O–H groups in total. The van der Waals surface area contributed by atoms with Crippen LogP contribution in [0.3, 0.4) is 0 Å². The van der Waals surface area contributed by atoms with Gasteiger partial charge >= 0.3 is 0 Å². The monoisotopic (exact) mass is 373 g/mol. The summed E-state index contributed by atoms with van der Waals surface area (Å²) in [6, 6.07) is 14.2. The predicted molar refractivity (Wildman–Crippen MR) is 111 cm³/mol. The number of H-pyrrole nitrogens is 2. The summed E-state index contributed by atoms with van der Waals surface area (Å²) in [5.41, 5.74) is 4.07.